The summed E-state index contributed by atoms with van der Waals surface area (Å²) < 4.78 is 5.56. The number of carbonyl (C=O) groups excluding carboxylic acids is 1. The number of aryl methyl sites for hydroxylation is 1. The Balaban J connectivity index is 1.23. The average Bonchev–Trinajstić information content (AvgIpc) is 3.38. The number of hydrogen-bond donors (Lipinski definition) is 1. The highest BCUT2D eigenvalue weighted by Gasteiger charge is 2.41. The van der Waals surface area contributed by atoms with Crippen molar-refractivity contribution in [1.29, 1.82) is 0 Å². The lowest BCUT2D eigenvalue weighted by molar-refractivity contribution is 0.0290. The standard InChI is InChI=1S/C26H31N5O2/c1-17-28-23(14-24(29-17)25-5-4-12-33-25)22-16-31-11-10-19(22)13-21(31)15-27-26(32)18-6-8-20(9-7-18)30(2)3/h4-9,12,14,19,21-22H,10-11,13,15-16H2,1-3H3,(H,27,32)/t19-,21+,22-/m0/s1. The van der Waals surface area contributed by atoms with Crippen molar-refractivity contribution < 1.29 is 9.21 Å². The minimum atomic E-state index is -0.00554. The van der Waals surface area contributed by atoms with Gasteiger partial charge in [0.1, 0.15) is 11.5 Å². The third-order valence-electron chi connectivity index (χ3n) is 7.03. The number of furan rings is 1. The molecule has 7 nitrogen and oxygen atoms in total. The molecule has 3 aliphatic heterocycles. The second kappa shape index (κ2) is 8.98. The lowest BCUT2D eigenvalue weighted by Gasteiger charge is -2.49. The monoisotopic (exact) mass is 445 g/mol. The number of anilines is 1. The number of fused-ring (bicyclic) bond motifs is 3. The Morgan fingerprint density at radius 3 is 2.70 bits per heavy atom. The first-order valence-corrected chi connectivity index (χ1v) is 11.7. The van der Waals surface area contributed by atoms with Gasteiger partial charge >= 0.3 is 0 Å². The lowest BCUT2D eigenvalue weighted by atomic mass is 9.74. The number of nitrogens with zero attached hydrogens (tertiary/aromatic N) is 4. The van der Waals surface area contributed by atoms with Gasteiger partial charge < -0.3 is 14.6 Å². The lowest BCUT2D eigenvalue weighted by Crippen LogP contribution is -2.56. The molecule has 2 bridgehead atoms. The van der Waals surface area contributed by atoms with Gasteiger partial charge in [0.2, 0.25) is 0 Å². The maximum Gasteiger partial charge on any atom is 0.251 e. The molecule has 5 heterocycles. The van der Waals surface area contributed by atoms with Gasteiger partial charge in [0.15, 0.2) is 5.76 Å². The maximum absolute atomic E-state index is 12.7. The van der Waals surface area contributed by atoms with E-state index in [0.29, 0.717) is 30.0 Å². The molecule has 3 saturated heterocycles. The highest BCUT2D eigenvalue weighted by Crippen LogP contribution is 2.41. The summed E-state index contributed by atoms with van der Waals surface area (Å²) in [6.45, 7) is 4.67. The summed E-state index contributed by atoms with van der Waals surface area (Å²) in [7, 11) is 3.99. The Kier molecular flexibility index (Phi) is 5.89. The van der Waals surface area contributed by atoms with Gasteiger partial charge in [0.05, 0.1) is 6.26 Å². The predicted molar refractivity (Wildman–Crippen MR) is 128 cm³/mol. The topological polar surface area (TPSA) is 74.5 Å². The first kappa shape index (κ1) is 21.6. The zero-order valence-electron chi connectivity index (χ0n) is 19.5. The summed E-state index contributed by atoms with van der Waals surface area (Å²) in [5, 5.41) is 3.16. The summed E-state index contributed by atoms with van der Waals surface area (Å²) in [6.07, 6.45) is 3.92. The van der Waals surface area contributed by atoms with Gasteiger partial charge in [-0.15, -0.1) is 0 Å². The molecular weight excluding hydrogens is 414 g/mol. The van der Waals surface area contributed by atoms with Gasteiger partial charge in [-0.3, -0.25) is 9.69 Å². The van der Waals surface area contributed by atoms with Crippen LogP contribution >= 0.6 is 0 Å². The number of carbonyl (C=O) groups is 1. The molecule has 0 aliphatic carbocycles. The van der Waals surface area contributed by atoms with E-state index in [-0.39, 0.29) is 5.91 Å². The van der Waals surface area contributed by atoms with Gasteiger partial charge in [0.25, 0.3) is 5.91 Å². The molecular formula is C26H31N5O2. The van der Waals surface area contributed by atoms with Crippen molar-refractivity contribution in [2.75, 3.05) is 38.6 Å². The number of nitrogens with one attached hydrogen (secondary N) is 1. The van der Waals surface area contributed by atoms with E-state index in [1.54, 1.807) is 6.26 Å². The van der Waals surface area contributed by atoms with Crippen LogP contribution in [0.1, 0.15) is 40.6 Å². The van der Waals surface area contributed by atoms with Crippen molar-refractivity contribution in [1.82, 2.24) is 20.2 Å². The largest absolute Gasteiger partial charge is 0.463 e. The van der Waals surface area contributed by atoms with E-state index in [1.165, 1.54) is 6.42 Å². The van der Waals surface area contributed by atoms with Crippen molar-refractivity contribution in [2.45, 2.75) is 31.7 Å². The smallest absolute Gasteiger partial charge is 0.251 e. The Labute approximate surface area is 194 Å². The fourth-order valence-corrected chi connectivity index (χ4v) is 5.24. The molecule has 1 unspecified atom stereocenters. The number of rotatable bonds is 6. The number of hydrogen-bond acceptors (Lipinski definition) is 6. The molecule has 0 saturated carbocycles. The zero-order chi connectivity index (χ0) is 22.9. The minimum absolute atomic E-state index is 0.00554. The highest BCUT2D eigenvalue weighted by molar-refractivity contribution is 5.94. The van der Waals surface area contributed by atoms with Gasteiger partial charge in [-0.25, -0.2) is 9.97 Å². The van der Waals surface area contributed by atoms with Crippen LogP contribution in [-0.4, -0.2) is 60.5 Å². The molecule has 3 aliphatic rings. The minimum Gasteiger partial charge on any atom is -0.463 e. The van der Waals surface area contributed by atoms with Crippen LogP contribution < -0.4 is 10.2 Å². The Morgan fingerprint density at radius 2 is 2.03 bits per heavy atom. The summed E-state index contributed by atoms with van der Waals surface area (Å²) in [5.74, 6) is 2.51. The molecule has 3 aromatic rings. The van der Waals surface area contributed by atoms with E-state index >= 15 is 0 Å². The average molecular weight is 446 g/mol. The van der Waals surface area contributed by atoms with E-state index in [2.05, 4.69) is 21.3 Å². The van der Waals surface area contributed by atoms with E-state index in [1.807, 2.05) is 62.3 Å². The summed E-state index contributed by atoms with van der Waals surface area (Å²) >= 11 is 0. The van der Waals surface area contributed by atoms with Crippen molar-refractivity contribution in [2.24, 2.45) is 5.92 Å². The molecule has 3 fully saturated rings. The summed E-state index contributed by atoms with van der Waals surface area (Å²) in [5.41, 5.74) is 3.75. The van der Waals surface area contributed by atoms with E-state index < -0.39 is 0 Å². The third-order valence-corrected chi connectivity index (χ3v) is 7.03. The van der Waals surface area contributed by atoms with Crippen molar-refractivity contribution >= 4 is 11.6 Å². The van der Waals surface area contributed by atoms with Gasteiger partial charge in [-0.1, -0.05) is 0 Å². The van der Waals surface area contributed by atoms with Crippen LogP contribution in [0.3, 0.4) is 0 Å². The highest BCUT2D eigenvalue weighted by atomic mass is 16.3. The third kappa shape index (κ3) is 4.50. The molecule has 1 amide bonds. The van der Waals surface area contributed by atoms with Crippen LogP contribution in [0.4, 0.5) is 5.69 Å². The molecule has 6 rings (SSSR count). The predicted octanol–water partition coefficient (Wildman–Crippen LogP) is 3.72. The number of piperidine rings is 3. The normalized spacial score (nSPS) is 24.0. The molecule has 1 aromatic carbocycles. The Hall–Kier alpha value is -3.19. The molecule has 2 aromatic heterocycles. The number of benzene rings is 1. The van der Waals surface area contributed by atoms with Crippen molar-refractivity contribution in [3.05, 3.63) is 65.8 Å². The van der Waals surface area contributed by atoms with Gasteiger partial charge in [-0.2, -0.15) is 0 Å². The molecule has 1 N–H and O–H groups in total. The second-order valence-corrected chi connectivity index (χ2v) is 9.39. The van der Waals surface area contributed by atoms with E-state index in [0.717, 1.165) is 48.2 Å². The Morgan fingerprint density at radius 1 is 1.21 bits per heavy atom. The first-order valence-electron chi connectivity index (χ1n) is 11.7. The zero-order valence-corrected chi connectivity index (χ0v) is 19.5. The van der Waals surface area contributed by atoms with Crippen molar-refractivity contribution in [3.8, 4) is 11.5 Å². The van der Waals surface area contributed by atoms with Crippen LogP contribution in [0.25, 0.3) is 11.5 Å². The quantitative estimate of drug-likeness (QED) is 0.623. The van der Waals surface area contributed by atoms with Crippen LogP contribution in [-0.2, 0) is 0 Å². The molecule has 4 atom stereocenters. The van der Waals surface area contributed by atoms with Crippen LogP contribution in [0.15, 0.2) is 53.1 Å². The summed E-state index contributed by atoms with van der Waals surface area (Å²) in [4.78, 5) is 26.6. The van der Waals surface area contributed by atoms with Crippen LogP contribution in [0, 0.1) is 12.8 Å². The summed E-state index contributed by atoms with van der Waals surface area (Å²) in [6, 6.07) is 14.0. The fourth-order valence-electron chi connectivity index (χ4n) is 5.24. The van der Waals surface area contributed by atoms with Gasteiger partial charge in [0, 0.05) is 56.1 Å². The van der Waals surface area contributed by atoms with E-state index in [4.69, 9.17) is 9.40 Å². The van der Waals surface area contributed by atoms with Gasteiger partial charge in [-0.05, 0) is 74.7 Å². The number of aromatic nitrogens is 2. The fraction of sp³-hybridized carbons (Fsp3) is 0.423. The first-order chi connectivity index (χ1) is 16.0. The second-order valence-electron chi connectivity index (χ2n) is 9.39. The molecule has 0 spiro atoms. The molecule has 7 heteroatoms. The van der Waals surface area contributed by atoms with Crippen molar-refractivity contribution in [3.63, 3.8) is 0 Å². The SMILES string of the molecule is Cc1nc(-c2ccco2)cc([C@H]2CN3CC[C@H]2C[C@@H]3CNC(=O)c2ccc(N(C)C)cc2)n1. The van der Waals surface area contributed by atoms with E-state index in [9.17, 15) is 4.79 Å². The Bertz CT molecular complexity index is 1110. The van der Waals surface area contributed by atoms with Crippen LogP contribution in [0.5, 0.6) is 0 Å². The number of amides is 1. The van der Waals surface area contributed by atoms with Crippen LogP contribution in [0.2, 0.25) is 0 Å². The molecule has 33 heavy (non-hydrogen) atoms. The molecule has 0 radical (unpaired) electrons. The molecule has 172 valence electrons. The maximum atomic E-state index is 12.7.